The lowest BCUT2D eigenvalue weighted by molar-refractivity contribution is -0.157. The molecule has 0 aromatic heterocycles. The fourth-order valence-electron chi connectivity index (χ4n) is 4.65. The van der Waals surface area contributed by atoms with Gasteiger partial charge in [-0.2, -0.15) is 0 Å². The van der Waals surface area contributed by atoms with Crippen molar-refractivity contribution in [3.63, 3.8) is 0 Å². The largest absolute Gasteiger partial charge is 0.480 e. The molecule has 2 aromatic rings. The molecule has 2 atom stereocenters. The van der Waals surface area contributed by atoms with Gasteiger partial charge in [-0.3, -0.25) is 4.79 Å². The Labute approximate surface area is 187 Å². The zero-order valence-corrected chi connectivity index (χ0v) is 18.1. The van der Waals surface area contributed by atoms with Gasteiger partial charge in [-0.1, -0.05) is 61.9 Å². The van der Waals surface area contributed by atoms with E-state index < -0.39 is 24.1 Å². The minimum absolute atomic E-state index is 0.0307. The van der Waals surface area contributed by atoms with Crippen LogP contribution < -0.4 is 5.32 Å². The molecule has 2 N–H and O–H groups in total. The molecule has 1 aliphatic carbocycles. The smallest absolute Gasteiger partial charge is 0.407 e. The van der Waals surface area contributed by atoms with Crippen LogP contribution in [0.3, 0.4) is 0 Å². The first kappa shape index (κ1) is 21.9. The van der Waals surface area contributed by atoms with Crippen LogP contribution in [-0.2, 0) is 14.3 Å². The fourth-order valence-corrected chi connectivity index (χ4v) is 4.65. The summed E-state index contributed by atoms with van der Waals surface area (Å²) in [5.74, 6) is -1.26. The number of hydrogen-bond donors (Lipinski definition) is 2. The molecule has 0 spiro atoms. The van der Waals surface area contributed by atoms with Gasteiger partial charge in [0.05, 0.1) is 0 Å². The molecule has 168 valence electrons. The van der Waals surface area contributed by atoms with Gasteiger partial charge in [0.1, 0.15) is 12.6 Å². The second-order valence-electron chi connectivity index (χ2n) is 8.39. The first-order valence-electron chi connectivity index (χ1n) is 11.1. The van der Waals surface area contributed by atoms with Crippen LogP contribution in [0.4, 0.5) is 4.79 Å². The number of rotatable bonds is 8. The van der Waals surface area contributed by atoms with E-state index in [-0.39, 0.29) is 24.9 Å². The Morgan fingerprint density at radius 2 is 1.72 bits per heavy atom. The monoisotopic (exact) mass is 436 g/mol. The predicted octanol–water partition coefficient (Wildman–Crippen LogP) is 3.77. The quantitative estimate of drug-likeness (QED) is 0.657. The van der Waals surface area contributed by atoms with Gasteiger partial charge >= 0.3 is 12.1 Å². The third-order valence-electron chi connectivity index (χ3n) is 6.35. The Hall–Kier alpha value is -3.35. The van der Waals surface area contributed by atoms with Gasteiger partial charge in [-0.15, -0.1) is 0 Å². The topological polar surface area (TPSA) is 95.9 Å². The van der Waals surface area contributed by atoms with Gasteiger partial charge in [-0.05, 0) is 35.1 Å². The molecule has 4 rings (SSSR count). The van der Waals surface area contributed by atoms with Gasteiger partial charge in [0, 0.05) is 24.9 Å². The Morgan fingerprint density at radius 3 is 2.25 bits per heavy atom. The molecule has 2 aliphatic rings. The van der Waals surface area contributed by atoms with Crippen molar-refractivity contribution in [2.45, 2.75) is 50.6 Å². The van der Waals surface area contributed by atoms with Gasteiger partial charge in [-0.25, -0.2) is 9.59 Å². The van der Waals surface area contributed by atoms with Gasteiger partial charge in [0.2, 0.25) is 5.91 Å². The van der Waals surface area contributed by atoms with E-state index >= 15 is 0 Å². The molecular formula is C25H28N2O5. The lowest BCUT2D eigenvalue weighted by Gasteiger charge is -2.38. The van der Waals surface area contributed by atoms with Crippen LogP contribution in [0.15, 0.2) is 48.5 Å². The van der Waals surface area contributed by atoms with Crippen molar-refractivity contribution in [2.75, 3.05) is 13.2 Å². The first-order valence-corrected chi connectivity index (χ1v) is 11.1. The third kappa shape index (κ3) is 4.33. The molecule has 0 saturated carbocycles. The second-order valence-corrected chi connectivity index (χ2v) is 8.39. The van der Waals surface area contributed by atoms with Crippen molar-refractivity contribution in [3.05, 3.63) is 59.7 Å². The summed E-state index contributed by atoms with van der Waals surface area (Å²) < 4.78 is 5.59. The average molecular weight is 437 g/mol. The van der Waals surface area contributed by atoms with Crippen LogP contribution in [0, 0.1) is 0 Å². The second kappa shape index (κ2) is 9.42. The van der Waals surface area contributed by atoms with Crippen LogP contribution in [-0.4, -0.2) is 53.2 Å². The van der Waals surface area contributed by atoms with Crippen molar-refractivity contribution < 1.29 is 24.2 Å². The van der Waals surface area contributed by atoms with Crippen molar-refractivity contribution in [1.82, 2.24) is 10.2 Å². The molecule has 7 nitrogen and oxygen atoms in total. The number of nitrogens with zero attached hydrogens (tertiary/aromatic N) is 1. The van der Waals surface area contributed by atoms with E-state index in [0.717, 1.165) is 28.7 Å². The summed E-state index contributed by atoms with van der Waals surface area (Å²) in [6.45, 7) is 2.63. The van der Waals surface area contributed by atoms with Crippen LogP contribution in [0.2, 0.25) is 0 Å². The maximum atomic E-state index is 12.6. The van der Waals surface area contributed by atoms with Crippen molar-refractivity contribution in [2.24, 2.45) is 0 Å². The standard InChI is InChI=1S/C25H28N2O5/c1-2-7-16(14-23(28)27-13-12-22(27)24(29)30)26-25(31)32-15-21-19-10-5-3-8-17(19)18-9-4-6-11-20(18)21/h3-6,8-11,16,21-22H,2,7,12-15H2,1H3,(H,26,31)(H,29,30)/t16-,22?/m1/s1. The van der Waals surface area contributed by atoms with Gasteiger partial charge in [0.25, 0.3) is 0 Å². The fraction of sp³-hybridized carbons (Fsp3) is 0.400. The number of benzene rings is 2. The van der Waals surface area contributed by atoms with Crippen LogP contribution >= 0.6 is 0 Å². The number of carbonyl (C=O) groups is 3. The lowest BCUT2D eigenvalue weighted by Crippen LogP contribution is -2.56. The van der Waals surface area contributed by atoms with E-state index in [1.165, 1.54) is 4.90 Å². The maximum Gasteiger partial charge on any atom is 0.407 e. The van der Waals surface area contributed by atoms with E-state index in [2.05, 4.69) is 29.6 Å². The Morgan fingerprint density at radius 1 is 1.09 bits per heavy atom. The maximum absolute atomic E-state index is 12.6. The van der Waals surface area contributed by atoms with E-state index in [9.17, 15) is 14.4 Å². The molecule has 0 bridgehead atoms. The first-order chi connectivity index (χ1) is 15.5. The molecule has 1 fully saturated rings. The number of fused-ring (bicyclic) bond motifs is 3. The lowest BCUT2D eigenvalue weighted by atomic mass is 9.98. The zero-order valence-electron chi connectivity index (χ0n) is 18.1. The van der Waals surface area contributed by atoms with E-state index in [1.54, 1.807) is 0 Å². The summed E-state index contributed by atoms with van der Waals surface area (Å²) >= 11 is 0. The number of hydrogen-bond acceptors (Lipinski definition) is 4. The number of nitrogens with one attached hydrogen (secondary N) is 1. The number of carbonyl (C=O) groups excluding carboxylic acids is 2. The highest BCUT2D eigenvalue weighted by Crippen LogP contribution is 2.44. The van der Waals surface area contributed by atoms with Crippen molar-refractivity contribution >= 4 is 18.0 Å². The van der Waals surface area contributed by atoms with Gasteiger partial charge < -0.3 is 20.1 Å². The number of amides is 2. The van der Waals surface area contributed by atoms with Crippen molar-refractivity contribution in [1.29, 1.82) is 0 Å². The minimum atomic E-state index is -0.985. The summed E-state index contributed by atoms with van der Waals surface area (Å²) in [4.78, 5) is 37.6. The summed E-state index contributed by atoms with van der Waals surface area (Å²) in [5, 5.41) is 12.0. The molecule has 2 amide bonds. The molecule has 1 saturated heterocycles. The van der Waals surface area contributed by atoms with Gasteiger partial charge in [0.15, 0.2) is 0 Å². The molecule has 7 heteroatoms. The Bertz CT molecular complexity index is 975. The molecule has 1 aliphatic heterocycles. The number of alkyl carbamates (subject to hydrolysis) is 1. The molecule has 1 heterocycles. The molecule has 0 radical (unpaired) electrons. The number of aliphatic carboxylic acids is 1. The highest BCUT2D eigenvalue weighted by atomic mass is 16.5. The molecule has 1 unspecified atom stereocenters. The summed E-state index contributed by atoms with van der Waals surface area (Å²) in [6, 6.07) is 15.1. The zero-order chi connectivity index (χ0) is 22.7. The van der Waals surface area contributed by atoms with E-state index in [0.29, 0.717) is 19.4 Å². The van der Waals surface area contributed by atoms with E-state index in [4.69, 9.17) is 9.84 Å². The summed E-state index contributed by atoms with van der Waals surface area (Å²) in [6.07, 6.45) is 1.38. The minimum Gasteiger partial charge on any atom is -0.480 e. The van der Waals surface area contributed by atoms with Crippen LogP contribution in [0.5, 0.6) is 0 Å². The average Bonchev–Trinajstić information content (AvgIpc) is 3.05. The molecule has 32 heavy (non-hydrogen) atoms. The predicted molar refractivity (Wildman–Crippen MR) is 119 cm³/mol. The van der Waals surface area contributed by atoms with Crippen LogP contribution in [0.25, 0.3) is 11.1 Å². The SMILES string of the molecule is CCC[C@H](CC(=O)N1CCC1C(=O)O)NC(=O)OCC1c2ccccc2-c2ccccc21. The summed E-state index contributed by atoms with van der Waals surface area (Å²) in [7, 11) is 0. The highest BCUT2D eigenvalue weighted by molar-refractivity contribution is 5.86. The number of carboxylic acid groups (broad SMARTS) is 1. The normalized spacial score (nSPS) is 17.7. The Kier molecular flexibility index (Phi) is 6.44. The molecule has 2 aromatic carbocycles. The number of ether oxygens (including phenoxy) is 1. The van der Waals surface area contributed by atoms with Crippen LogP contribution in [0.1, 0.15) is 49.7 Å². The highest BCUT2D eigenvalue weighted by Gasteiger charge is 2.38. The number of likely N-dealkylation sites (tertiary alicyclic amines) is 1. The van der Waals surface area contributed by atoms with E-state index in [1.807, 2.05) is 31.2 Å². The third-order valence-corrected chi connectivity index (χ3v) is 6.35. The summed E-state index contributed by atoms with van der Waals surface area (Å²) in [5.41, 5.74) is 4.60. The Balaban J connectivity index is 1.36. The number of carboxylic acids is 1. The molecular weight excluding hydrogens is 408 g/mol. The van der Waals surface area contributed by atoms with Crippen molar-refractivity contribution in [3.8, 4) is 11.1 Å².